The van der Waals surface area contributed by atoms with Crippen LogP contribution in [-0.4, -0.2) is 20.9 Å². The second-order valence-corrected chi connectivity index (χ2v) is 4.46. The van der Waals surface area contributed by atoms with E-state index in [9.17, 15) is 4.79 Å². The number of nitrogens with zero attached hydrogens (tertiary/aromatic N) is 3. The van der Waals surface area contributed by atoms with E-state index in [1.807, 2.05) is 0 Å². The zero-order valence-corrected chi connectivity index (χ0v) is 11.2. The maximum atomic E-state index is 11.9. The van der Waals surface area contributed by atoms with Crippen LogP contribution in [0.5, 0.6) is 0 Å². The van der Waals surface area contributed by atoms with Crippen LogP contribution in [0.1, 0.15) is 10.4 Å². The van der Waals surface area contributed by atoms with Crippen molar-refractivity contribution < 1.29 is 4.79 Å². The highest BCUT2D eigenvalue weighted by Crippen LogP contribution is 2.17. The van der Waals surface area contributed by atoms with Gasteiger partial charge < -0.3 is 11.1 Å². The standard InChI is InChI=1S/C10H7BrClN5O/c11-7-3-15-8(4-14-7)17-10(18)6-1-5(13)2-16-9(6)12/h1-4H,13H2,(H,15,17,18). The Morgan fingerprint density at radius 2 is 2.06 bits per heavy atom. The van der Waals surface area contributed by atoms with Gasteiger partial charge in [-0.2, -0.15) is 0 Å². The molecule has 92 valence electrons. The molecule has 18 heavy (non-hydrogen) atoms. The Hall–Kier alpha value is -1.73. The van der Waals surface area contributed by atoms with Crippen LogP contribution >= 0.6 is 27.5 Å². The van der Waals surface area contributed by atoms with E-state index in [4.69, 9.17) is 17.3 Å². The quantitative estimate of drug-likeness (QED) is 0.824. The molecular formula is C10H7BrClN5O. The van der Waals surface area contributed by atoms with E-state index < -0.39 is 5.91 Å². The minimum Gasteiger partial charge on any atom is -0.397 e. The molecule has 2 aromatic heterocycles. The van der Waals surface area contributed by atoms with Gasteiger partial charge in [0.25, 0.3) is 5.91 Å². The number of amides is 1. The highest BCUT2D eigenvalue weighted by atomic mass is 79.9. The van der Waals surface area contributed by atoms with Crippen molar-refractivity contribution in [3.05, 3.63) is 40.0 Å². The van der Waals surface area contributed by atoms with Gasteiger partial charge in [-0.05, 0) is 22.0 Å². The molecule has 2 rings (SSSR count). The van der Waals surface area contributed by atoms with Gasteiger partial charge in [-0.3, -0.25) is 4.79 Å². The third-order valence-electron chi connectivity index (χ3n) is 1.97. The molecule has 0 radical (unpaired) electrons. The molecule has 6 nitrogen and oxygen atoms in total. The Balaban J connectivity index is 2.21. The average molecular weight is 329 g/mol. The molecule has 0 saturated heterocycles. The number of hydrogen-bond donors (Lipinski definition) is 2. The molecular weight excluding hydrogens is 322 g/mol. The van der Waals surface area contributed by atoms with E-state index >= 15 is 0 Å². The van der Waals surface area contributed by atoms with Gasteiger partial charge in [0.05, 0.1) is 29.8 Å². The largest absolute Gasteiger partial charge is 0.397 e. The summed E-state index contributed by atoms with van der Waals surface area (Å²) in [7, 11) is 0. The summed E-state index contributed by atoms with van der Waals surface area (Å²) in [5.41, 5.74) is 6.08. The minimum absolute atomic E-state index is 0.0757. The summed E-state index contributed by atoms with van der Waals surface area (Å²) < 4.78 is 0.573. The van der Waals surface area contributed by atoms with Crippen molar-refractivity contribution in [1.29, 1.82) is 0 Å². The molecule has 0 aliphatic heterocycles. The number of nitrogen functional groups attached to an aromatic ring is 1. The van der Waals surface area contributed by atoms with Gasteiger partial charge in [0.1, 0.15) is 9.76 Å². The van der Waals surface area contributed by atoms with Crippen molar-refractivity contribution in [2.24, 2.45) is 0 Å². The van der Waals surface area contributed by atoms with Gasteiger partial charge in [-0.1, -0.05) is 11.6 Å². The van der Waals surface area contributed by atoms with Gasteiger partial charge in [-0.15, -0.1) is 0 Å². The van der Waals surface area contributed by atoms with Crippen molar-refractivity contribution in [3.8, 4) is 0 Å². The number of carbonyl (C=O) groups is 1. The number of nitrogens with two attached hydrogens (primary N) is 1. The maximum absolute atomic E-state index is 11.9. The predicted molar refractivity (Wildman–Crippen MR) is 71.3 cm³/mol. The molecule has 0 unspecified atom stereocenters. The Morgan fingerprint density at radius 3 is 2.72 bits per heavy atom. The van der Waals surface area contributed by atoms with Crippen LogP contribution in [0.25, 0.3) is 0 Å². The molecule has 0 fully saturated rings. The fraction of sp³-hybridized carbons (Fsp3) is 0. The molecule has 0 saturated carbocycles. The number of anilines is 2. The lowest BCUT2D eigenvalue weighted by atomic mass is 10.2. The number of aromatic nitrogens is 3. The summed E-state index contributed by atoms with van der Waals surface area (Å²) in [4.78, 5) is 23.6. The van der Waals surface area contributed by atoms with Crippen LogP contribution in [0.15, 0.2) is 29.3 Å². The fourth-order valence-electron chi connectivity index (χ4n) is 1.18. The maximum Gasteiger partial charge on any atom is 0.260 e. The molecule has 0 bridgehead atoms. The van der Waals surface area contributed by atoms with E-state index in [-0.39, 0.29) is 10.7 Å². The third-order valence-corrected chi connectivity index (χ3v) is 2.68. The second kappa shape index (κ2) is 5.28. The summed E-state index contributed by atoms with van der Waals surface area (Å²) in [5, 5.41) is 2.62. The van der Waals surface area contributed by atoms with Crippen molar-refractivity contribution >= 4 is 44.9 Å². The normalized spacial score (nSPS) is 10.1. The van der Waals surface area contributed by atoms with E-state index in [2.05, 4.69) is 36.2 Å². The zero-order valence-electron chi connectivity index (χ0n) is 8.89. The first-order valence-electron chi connectivity index (χ1n) is 4.76. The Labute approximate surface area is 116 Å². The lowest BCUT2D eigenvalue weighted by molar-refractivity contribution is 0.102. The van der Waals surface area contributed by atoms with Crippen molar-refractivity contribution in [2.75, 3.05) is 11.1 Å². The molecule has 2 aromatic rings. The molecule has 0 aromatic carbocycles. The Kier molecular flexibility index (Phi) is 3.73. The highest BCUT2D eigenvalue weighted by Gasteiger charge is 2.12. The molecule has 3 N–H and O–H groups in total. The Bertz CT molecular complexity index is 589. The summed E-state index contributed by atoms with van der Waals surface area (Å²) in [5.74, 6) is -0.141. The number of nitrogens with one attached hydrogen (secondary N) is 1. The molecule has 2 heterocycles. The first kappa shape index (κ1) is 12.7. The first-order chi connectivity index (χ1) is 8.56. The van der Waals surface area contributed by atoms with E-state index in [1.165, 1.54) is 24.7 Å². The topological polar surface area (TPSA) is 93.8 Å². The molecule has 8 heteroatoms. The van der Waals surface area contributed by atoms with Gasteiger partial charge in [0.15, 0.2) is 5.82 Å². The number of carbonyl (C=O) groups excluding carboxylic acids is 1. The van der Waals surface area contributed by atoms with Crippen LogP contribution in [0.4, 0.5) is 11.5 Å². The fourth-order valence-corrected chi connectivity index (χ4v) is 1.58. The van der Waals surface area contributed by atoms with Crippen LogP contribution in [-0.2, 0) is 0 Å². The van der Waals surface area contributed by atoms with Crippen molar-refractivity contribution in [1.82, 2.24) is 15.0 Å². The predicted octanol–water partition coefficient (Wildman–Crippen LogP) is 2.12. The van der Waals surface area contributed by atoms with Crippen molar-refractivity contribution in [2.45, 2.75) is 0 Å². The van der Waals surface area contributed by atoms with Gasteiger partial charge in [0.2, 0.25) is 0 Å². The molecule has 0 spiro atoms. The average Bonchev–Trinajstić information content (AvgIpc) is 2.35. The minimum atomic E-state index is -0.448. The second-order valence-electron chi connectivity index (χ2n) is 3.29. The lowest BCUT2D eigenvalue weighted by Gasteiger charge is -2.05. The van der Waals surface area contributed by atoms with Crippen LogP contribution < -0.4 is 11.1 Å². The molecule has 0 atom stereocenters. The van der Waals surface area contributed by atoms with Gasteiger partial charge in [0, 0.05) is 0 Å². The van der Waals surface area contributed by atoms with E-state index in [1.54, 1.807) is 0 Å². The number of rotatable bonds is 2. The Morgan fingerprint density at radius 1 is 1.28 bits per heavy atom. The summed E-state index contributed by atoms with van der Waals surface area (Å²) >= 11 is 8.96. The monoisotopic (exact) mass is 327 g/mol. The summed E-state index contributed by atoms with van der Waals surface area (Å²) in [6, 6.07) is 1.44. The number of pyridine rings is 1. The molecule has 0 aliphatic carbocycles. The smallest absolute Gasteiger partial charge is 0.260 e. The SMILES string of the molecule is Nc1cnc(Cl)c(C(=O)Nc2cnc(Br)cn2)c1. The lowest BCUT2D eigenvalue weighted by Crippen LogP contribution is -2.14. The zero-order chi connectivity index (χ0) is 13.1. The number of hydrogen-bond acceptors (Lipinski definition) is 5. The summed E-state index contributed by atoms with van der Waals surface area (Å²) in [6.45, 7) is 0. The first-order valence-corrected chi connectivity index (χ1v) is 5.93. The van der Waals surface area contributed by atoms with Crippen molar-refractivity contribution in [3.63, 3.8) is 0 Å². The van der Waals surface area contributed by atoms with E-state index in [0.717, 1.165) is 0 Å². The van der Waals surface area contributed by atoms with Crippen LogP contribution in [0.2, 0.25) is 5.15 Å². The van der Waals surface area contributed by atoms with Gasteiger partial charge >= 0.3 is 0 Å². The third kappa shape index (κ3) is 2.93. The summed E-state index contributed by atoms with van der Waals surface area (Å²) in [6.07, 6.45) is 4.25. The van der Waals surface area contributed by atoms with E-state index in [0.29, 0.717) is 16.1 Å². The highest BCUT2D eigenvalue weighted by molar-refractivity contribution is 9.10. The molecule has 0 aliphatic rings. The van der Waals surface area contributed by atoms with Gasteiger partial charge in [-0.25, -0.2) is 15.0 Å². The van der Waals surface area contributed by atoms with Crippen LogP contribution in [0.3, 0.4) is 0 Å². The number of halogens is 2. The van der Waals surface area contributed by atoms with Crippen LogP contribution in [0, 0.1) is 0 Å². The molecule has 1 amide bonds.